The van der Waals surface area contributed by atoms with Crippen LogP contribution in [0.3, 0.4) is 0 Å². The van der Waals surface area contributed by atoms with Gasteiger partial charge in [-0.05, 0) is 64.4 Å². The number of aliphatic imine (C=N–C) groups is 1. The molecule has 1 aromatic heterocycles. The summed E-state index contributed by atoms with van der Waals surface area (Å²) >= 11 is 0. The molecule has 4 rings (SSSR count). The normalized spacial score (nSPS) is 11.8. The van der Waals surface area contributed by atoms with Crippen molar-refractivity contribution in [3.63, 3.8) is 0 Å². The maximum Gasteiger partial charge on any atom is 0.226 e. The third kappa shape index (κ3) is 4.32. The predicted octanol–water partition coefficient (Wildman–Crippen LogP) is 5.10. The van der Waals surface area contributed by atoms with E-state index in [1.165, 1.54) is 24.7 Å². The van der Waals surface area contributed by atoms with E-state index in [9.17, 15) is 12.8 Å². The summed E-state index contributed by atoms with van der Waals surface area (Å²) in [6.07, 6.45) is 2.98. The fraction of sp³-hybridized carbons (Fsp3) is 0.0833. The van der Waals surface area contributed by atoms with Crippen LogP contribution >= 0.6 is 0 Å². The molecule has 156 valence electrons. The predicted molar refractivity (Wildman–Crippen MR) is 121 cm³/mol. The van der Waals surface area contributed by atoms with E-state index < -0.39 is 9.84 Å². The van der Waals surface area contributed by atoms with Crippen LogP contribution in [0.25, 0.3) is 21.9 Å². The molecular weight excluding hydrogens is 413 g/mol. The fourth-order valence-corrected chi connectivity index (χ4v) is 4.54. The van der Waals surface area contributed by atoms with Crippen LogP contribution in [0.5, 0.6) is 0 Å². The Morgan fingerprint density at radius 3 is 2.32 bits per heavy atom. The Kier molecular flexibility index (Phi) is 5.52. The molecule has 1 heterocycles. The van der Waals surface area contributed by atoms with Crippen LogP contribution in [0.15, 0.2) is 93.9 Å². The Bertz CT molecular complexity index is 1380. The molecule has 7 heteroatoms. The van der Waals surface area contributed by atoms with Crippen molar-refractivity contribution in [3.8, 4) is 11.1 Å². The number of benzene rings is 3. The van der Waals surface area contributed by atoms with E-state index in [-0.39, 0.29) is 21.4 Å². The van der Waals surface area contributed by atoms with Crippen molar-refractivity contribution in [2.75, 3.05) is 14.1 Å². The molecule has 0 spiro atoms. The van der Waals surface area contributed by atoms with Gasteiger partial charge in [0.05, 0.1) is 11.2 Å². The highest BCUT2D eigenvalue weighted by molar-refractivity contribution is 7.91. The maximum atomic E-state index is 13.3. The number of rotatable bonds is 5. The first-order valence-corrected chi connectivity index (χ1v) is 11.0. The molecular formula is C24H20FN3O2S. The van der Waals surface area contributed by atoms with Crippen molar-refractivity contribution < 1.29 is 12.8 Å². The van der Waals surface area contributed by atoms with Gasteiger partial charge in [0.2, 0.25) is 9.84 Å². The average Bonchev–Trinajstić information content (AvgIpc) is 2.77. The summed E-state index contributed by atoms with van der Waals surface area (Å²) < 4.78 is 39.8. The van der Waals surface area contributed by atoms with Crippen LogP contribution < -0.4 is 0 Å². The third-order valence-corrected chi connectivity index (χ3v) is 6.43. The standard InChI is InChI=1S/C24H20FN3O2S/c1-28(2)16-27-23-4-3-13-26-24(23)31(29,30)22-12-9-19-14-18(5-6-20(19)15-22)17-7-10-21(25)11-8-17/h3-16H,1-2H3/b27-16-. The molecule has 0 bridgehead atoms. The zero-order valence-corrected chi connectivity index (χ0v) is 17.8. The minimum Gasteiger partial charge on any atom is -0.369 e. The lowest BCUT2D eigenvalue weighted by molar-refractivity contribution is 0.592. The minimum absolute atomic E-state index is 0.0876. The van der Waals surface area contributed by atoms with Crippen molar-refractivity contribution in [1.82, 2.24) is 9.88 Å². The quantitative estimate of drug-likeness (QED) is 0.325. The number of pyridine rings is 1. The van der Waals surface area contributed by atoms with Gasteiger partial charge in [-0.3, -0.25) is 0 Å². The summed E-state index contributed by atoms with van der Waals surface area (Å²) in [6.45, 7) is 0. The van der Waals surface area contributed by atoms with E-state index in [1.807, 2.05) is 18.2 Å². The van der Waals surface area contributed by atoms with Gasteiger partial charge in [0.25, 0.3) is 0 Å². The second-order valence-corrected chi connectivity index (χ2v) is 9.13. The Hall–Kier alpha value is -3.58. The van der Waals surface area contributed by atoms with Gasteiger partial charge in [-0.25, -0.2) is 22.8 Å². The van der Waals surface area contributed by atoms with Crippen molar-refractivity contribution >= 4 is 32.6 Å². The first-order chi connectivity index (χ1) is 14.8. The molecule has 0 amide bonds. The van der Waals surface area contributed by atoms with Crippen molar-refractivity contribution in [3.05, 3.63) is 84.8 Å². The smallest absolute Gasteiger partial charge is 0.226 e. The number of nitrogens with zero attached hydrogens (tertiary/aromatic N) is 3. The fourth-order valence-electron chi connectivity index (χ4n) is 3.19. The van der Waals surface area contributed by atoms with Gasteiger partial charge in [-0.1, -0.05) is 30.3 Å². The van der Waals surface area contributed by atoms with E-state index in [1.54, 1.807) is 61.5 Å². The molecule has 3 aromatic carbocycles. The summed E-state index contributed by atoms with van der Waals surface area (Å²) in [7, 11) is -0.255. The molecule has 0 aliphatic rings. The molecule has 0 atom stereocenters. The second-order valence-electron chi connectivity index (χ2n) is 7.27. The Morgan fingerprint density at radius 1 is 0.903 bits per heavy atom. The van der Waals surface area contributed by atoms with Crippen molar-refractivity contribution in [2.24, 2.45) is 4.99 Å². The summed E-state index contributed by atoms with van der Waals surface area (Å²) in [6, 6.07) is 20.2. The lowest BCUT2D eigenvalue weighted by Gasteiger charge is -2.09. The van der Waals surface area contributed by atoms with Crippen LogP contribution in [0.4, 0.5) is 10.1 Å². The number of fused-ring (bicyclic) bond motifs is 1. The molecule has 0 N–H and O–H groups in total. The van der Waals surface area contributed by atoms with Gasteiger partial charge in [0.1, 0.15) is 11.5 Å². The van der Waals surface area contributed by atoms with Crippen LogP contribution in [-0.4, -0.2) is 38.7 Å². The molecule has 0 aliphatic carbocycles. The third-order valence-electron chi connectivity index (χ3n) is 4.73. The zero-order chi connectivity index (χ0) is 22.0. The van der Waals surface area contributed by atoms with Crippen LogP contribution in [0.1, 0.15) is 0 Å². The number of halogens is 1. The maximum absolute atomic E-state index is 13.3. The lowest BCUT2D eigenvalue weighted by atomic mass is 10.0. The van der Waals surface area contributed by atoms with Gasteiger partial charge < -0.3 is 4.90 Å². The largest absolute Gasteiger partial charge is 0.369 e. The van der Waals surface area contributed by atoms with Gasteiger partial charge in [-0.15, -0.1) is 0 Å². The van der Waals surface area contributed by atoms with Crippen LogP contribution in [0, 0.1) is 5.82 Å². The lowest BCUT2D eigenvalue weighted by Crippen LogP contribution is -2.08. The molecule has 4 aromatic rings. The number of sulfone groups is 1. The van der Waals surface area contributed by atoms with Crippen molar-refractivity contribution in [2.45, 2.75) is 9.92 Å². The highest BCUT2D eigenvalue weighted by Crippen LogP contribution is 2.31. The Labute approximate surface area is 180 Å². The summed E-state index contributed by atoms with van der Waals surface area (Å²) in [4.78, 5) is 10.2. The number of hydrogen-bond acceptors (Lipinski definition) is 4. The zero-order valence-electron chi connectivity index (χ0n) is 17.0. The number of hydrogen-bond donors (Lipinski definition) is 0. The summed E-state index contributed by atoms with van der Waals surface area (Å²) in [5.74, 6) is -0.289. The molecule has 0 unspecified atom stereocenters. The number of aromatic nitrogens is 1. The molecule has 0 fully saturated rings. The molecule has 0 radical (unpaired) electrons. The van der Waals surface area contributed by atoms with E-state index >= 15 is 0 Å². The molecule has 31 heavy (non-hydrogen) atoms. The monoisotopic (exact) mass is 433 g/mol. The SMILES string of the molecule is CN(C)/C=N\c1cccnc1S(=O)(=O)c1ccc2cc(-c3ccc(F)cc3)ccc2c1. The van der Waals surface area contributed by atoms with E-state index in [0.29, 0.717) is 0 Å². The van der Waals surface area contributed by atoms with Crippen LogP contribution in [-0.2, 0) is 9.84 Å². The molecule has 5 nitrogen and oxygen atoms in total. The van der Waals surface area contributed by atoms with Gasteiger partial charge in [0, 0.05) is 20.3 Å². The second kappa shape index (κ2) is 8.28. The average molecular weight is 434 g/mol. The summed E-state index contributed by atoms with van der Waals surface area (Å²) in [5, 5.41) is 1.57. The van der Waals surface area contributed by atoms with Gasteiger partial charge >= 0.3 is 0 Å². The Morgan fingerprint density at radius 2 is 1.58 bits per heavy atom. The molecule has 0 saturated carbocycles. The molecule has 0 saturated heterocycles. The van der Waals surface area contributed by atoms with Crippen molar-refractivity contribution in [1.29, 1.82) is 0 Å². The Balaban J connectivity index is 1.75. The topological polar surface area (TPSA) is 62.6 Å². The van der Waals surface area contributed by atoms with E-state index in [2.05, 4.69) is 9.98 Å². The minimum atomic E-state index is -3.86. The first kappa shape index (κ1) is 20.7. The van der Waals surface area contributed by atoms with Crippen LogP contribution in [0.2, 0.25) is 0 Å². The summed E-state index contributed by atoms with van der Waals surface area (Å²) in [5.41, 5.74) is 2.09. The van der Waals surface area contributed by atoms with Gasteiger partial charge in [-0.2, -0.15) is 0 Å². The molecule has 0 aliphatic heterocycles. The van der Waals surface area contributed by atoms with Gasteiger partial charge in [0.15, 0.2) is 5.03 Å². The first-order valence-electron chi connectivity index (χ1n) is 9.55. The highest BCUT2D eigenvalue weighted by Gasteiger charge is 2.23. The van der Waals surface area contributed by atoms with E-state index in [0.717, 1.165) is 21.9 Å². The van der Waals surface area contributed by atoms with E-state index in [4.69, 9.17) is 0 Å². The highest BCUT2D eigenvalue weighted by atomic mass is 32.2.